The lowest BCUT2D eigenvalue weighted by Crippen LogP contribution is -2.38. The zero-order valence-corrected chi connectivity index (χ0v) is 18.8. The van der Waals surface area contributed by atoms with Gasteiger partial charge in [0.2, 0.25) is 11.9 Å². The summed E-state index contributed by atoms with van der Waals surface area (Å²) in [6, 6.07) is 17.1. The smallest absolute Gasteiger partial charge is 0.237 e. The topological polar surface area (TPSA) is 96.1 Å². The number of benzene rings is 2. The van der Waals surface area contributed by atoms with E-state index in [9.17, 15) is 4.79 Å². The monoisotopic (exact) mass is 448 g/mol. The number of ether oxygens (including phenoxy) is 1. The third-order valence-corrected chi connectivity index (χ3v) is 6.16. The van der Waals surface area contributed by atoms with E-state index in [1.54, 1.807) is 24.3 Å². The van der Waals surface area contributed by atoms with E-state index in [0.717, 1.165) is 30.3 Å². The fourth-order valence-electron chi connectivity index (χ4n) is 3.35. The van der Waals surface area contributed by atoms with Gasteiger partial charge in [0.05, 0.1) is 35.8 Å². The van der Waals surface area contributed by atoms with Crippen LogP contribution in [0.25, 0.3) is 5.69 Å². The van der Waals surface area contributed by atoms with Gasteiger partial charge in [-0.1, -0.05) is 35.5 Å². The number of amides is 1. The highest BCUT2D eigenvalue weighted by Gasteiger charge is 2.25. The van der Waals surface area contributed by atoms with Crippen LogP contribution in [0.3, 0.4) is 0 Å². The van der Waals surface area contributed by atoms with Crippen molar-refractivity contribution in [3.63, 3.8) is 0 Å². The lowest BCUT2D eigenvalue weighted by atomic mass is 10.2. The fraction of sp³-hybridized carbons (Fsp3) is 0.304. The van der Waals surface area contributed by atoms with Crippen LogP contribution in [-0.2, 0) is 9.53 Å². The molecule has 32 heavy (non-hydrogen) atoms. The van der Waals surface area contributed by atoms with Crippen molar-refractivity contribution >= 4 is 29.3 Å². The lowest BCUT2D eigenvalue weighted by molar-refractivity contribution is -0.115. The highest BCUT2D eigenvalue weighted by Crippen LogP contribution is 2.30. The minimum Gasteiger partial charge on any atom is -0.378 e. The van der Waals surface area contributed by atoms with Gasteiger partial charge in [-0.15, -0.1) is 10.2 Å². The molecule has 2 aromatic carbocycles. The average Bonchev–Trinajstić information content (AvgIpc) is 3.23. The standard InChI is InChI=1S/C23H24N6O2S/c1-16-6-8-20(9-7-16)29-22(28-10-12-31-13-11-28)26-27-23(29)32-17(2)21(30)25-19-5-3-4-18(14-19)15-24/h3-9,14,17H,10-13H2,1-2H3,(H,25,30). The normalized spacial score (nSPS) is 14.6. The summed E-state index contributed by atoms with van der Waals surface area (Å²) in [6.45, 7) is 6.63. The zero-order chi connectivity index (χ0) is 22.5. The van der Waals surface area contributed by atoms with Crippen LogP contribution < -0.4 is 10.2 Å². The number of carbonyl (C=O) groups is 1. The first-order chi connectivity index (χ1) is 15.5. The number of anilines is 2. The molecule has 8 nitrogen and oxygen atoms in total. The van der Waals surface area contributed by atoms with Crippen LogP contribution in [0, 0.1) is 18.3 Å². The summed E-state index contributed by atoms with van der Waals surface area (Å²) in [5, 5.41) is 21.0. The number of nitrogens with zero attached hydrogens (tertiary/aromatic N) is 5. The third-order valence-electron chi connectivity index (χ3n) is 5.11. The van der Waals surface area contributed by atoms with Gasteiger partial charge in [-0.25, -0.2) is 0 Å². The Kier molecular flexibility index (Phi) is 6.73. The van der Waals surface area contributed by atoms with Crippen molar-refractivity contribution in [3.8, 4) is 11.8 Å². The van der Waals surface area contributed by atoms with E-state index in [2.05, 4.69) is 26.5 Å². The lowest BCUT2D eigenvalue weighted by Gasteiger charge is -2.28. The fourth-order valence-corrected chi connectivity index (χ4v) is 4.21. The molecule has 164 valence electrons. The molecule has 0 radical (unpaired) electrons. The van der Waals surface area contributed by atoms with Gasteiger partial charge in [0.15, 0.2) is 5.16 Å². The summed E-state index contributed by atoms with van der Waals surface area (Å²) in [4.78, 5) is 15.0. The van der Waals surface area contributed by atoms with Crippen molar-refractivity contribution in [2.45, 2.75) is 24.3 Å². The maximum Gasteiger partial charge on any atom is 0.237 e. The van der Waals surface area contributed by atoms with Gasteiger partial charge < -0.3 is 15.0 Å². The molecule has 4 rings (SSSR count). The Morgan fingerprint density at radius 2 is 1.94 bits per heavy atom. The van der Waals surface area contributed by atoms with Crippen LogP contribution in [0.2, 0.25) is 0 Å². The summed E-state index contributed by atoms with van der Waals surface area (Å²) in [7, 11) is 0. The Labute approximate surface area is 191 Å². The second-order valence-electron chi connectivity index (χ2n) is 7.49. The highest BCUT2D eigenvalue weighted by atomic mass is 32.2. The Hall–Kier alpha value is -3.35. The molecular formula is C23H24N6O2S. The van der Waals surface area contributed by atoms with Crippen molar-refractivity contribution in [1.29, 1.82) is 5.26 Å². The van der Waals surface area contributed by atoms with Gasteiger partial charge in [-0.3, -0.25) is 9.36 Å². The molecule has 3 aromatic rings. The van der Waals surface area contributed by atoms with Gasteiger partial charge >= 0.3 is 0 Å². The van der Waals surface area contributed by atoms with Crippen molar-refractivity contribution in [1.82, 2.24) is 14.8 Å². The number of hydrogen-bond donors (Lipinski definition) is 1. The number of rotatable bonds is 6. The first-order valence-electron chi connectivity index (χ1n) is 10.4. The molecule has 1 atom stereocenters. The second kappa shape index (κ2) is 9.85. The van der Waals surface area contributed by atoms with E-state index in [1.807, 2.05) is 42.7 Å². The average molecular weight is 449 g/mol. The maximum absolute atomic E-state index is 12.8. The quantitative estimate of drug-likeness (QED) is 0.577. The molecule has 0 spiro atoms. The SMILES string of the molecule is Cc1ccc(-n2c(SC(C)C(=O)Nc3cccc(C#N)c3)nnc2N2CCOCC2)cc1. The number of nitriles is 1. The summed E-state index contributed by atoms with van der Waals surface area (Å²) in [5.74, 6) is 0.574. The predicted molar refractivity (Wildman–Crippen MR) is 124 cm³/mol. The number of aryl methyl sites for hydroxylation is 1. The largest absolute Gasteiger partial charge is 0.378 e. The second-order valence-corrected chi connectivity index (χ2v) is 8.80. The number of thioether (sulfide) groups is 1. The molecular weight excluding hydrogens is 424 g/mol. The Bertz CT molecular complexity index is 1130. The highest BCUT2D eigenvalue weighted by molar-refractivity contribution is 8.00. The van der Waals surface area contributed by atoms with Gasteiger partial charge in [0.25, 0.3) is 0 Å². The third kappa shape index (κ3) is 4.93. The molecule has 1 fully saturated rings. The van der Waals surface area contributed by atoms with E-state index >= 15 is 0 Å². The Morgan fingerprint density at radius 3 is 2.66 bits per heavy atom. The molecule has 1 N–H and O–H groups in total. The van der Waals surface area contributed by atoms with Crippen molar-refractivity contribution in [2.24, 2.45) is 0 Å². The van der Waals surface area contributed by atoms with E-state index in [0.29, 0.717) is 29.6 Å². The van der Waals surface area contributed by atoms with Crippen LogP contribution in [0.5, 0.6) is 0 Å². The summed E-state index contributed by atoms with van der Waals surface area (Å²) < 4.78 is 7.48. The number of morpholine rings is 1. The molecule has 0 aliphatic carbocycles. The first-order valence-corrected chi connectivity index (χ1v) is 11.3. The Balaban J connectivity index is 1.58. The van der Waals surface area contributed by atoms with Crippen LogP contribution in [-0.4, -0.2) is 52.2 Å². The predicted octanol–water partition coefficient (Wildman–Crippen LogP) is 3.40. The van der Waals surface area contributed by atoms with Gasteiger partial charge in [0, 0.05) is 18.8 Å². The van der Waals surface area contributed by atoms with Crippen LogP contribution in [0.15, 0.2) is 53.7 Å². The van der Waals surface area contributed by atoms with Crippen molar-refractivity contribution in [3.05, 3.63) is 59.7 Å². The van der Waals surface area contributed by atoms with Crippen molar-refractivity contribution in [2.75, 3.05) is 36.5 Å². The summed E-state index contributed by atoms with van der Waals surface area (Å²) in [6.07, 6.45) is 0. The molecule has 0 saturated carbocycles. The van der Waals surface area contributed by atoms with Gasteiger partial charge in [0.1, 0.15) is 0 Å². The molecule has 1 aromatic heterocycles. The van der Waals surface area contributed by atoms with E-state index < -0.39 is 5.25 Å². The molecule has 0 bridgehead atoms. The van der Waals surface area contributed by atoms with Gasteiger partial charge in [-0.2, -0.15) is 5.26 Å². The van der Waals surface area contributed by atoms with E-state index in [4.69, 9.17) is 10.00 Å². The molecule has 2 heterocycles. The minimum atomic E-state index is -0.424. The molecule has 9 heteroatoms. The van der Waals surface area contributed by atoms with Crippen LogP contribution >= 0.6 is 11.8 Å². The molecule has 1 unspecified atom stereocenters. The molecule has 1 saturated heterocycles. The van der Waals surface area contributed by atoms with Gasteiger partial charge in [-0.05, 0) is 44.2 Å². The van der Waals surface area contributed by atoms with E-state index in [-0.39, 0.29) is 5.91 Å². The van der Waals surface area contributed by atoms with Crippen LogP contribution in [0.1, 0.15) is 18.1 Å². The summed E-state index contributed by atoms with van der Waals surface area (Å²) in [5.41, 5.74) is 3.20. The Morgan fingerprint density at radius 1 is 1.19 bits per heavy atom. The minimum absolute atomic E-state index is 0.170. The number of carbonyl (C=O) groups excluding carboxylic acids is 1. The molecule has 1 aliphatic rings. The van der Waals surface area contributed by atoms with Crippen molar-refractivity contribution < 1.29 is 9.53 Å². The molecule has 1 aliphatic heterocycles. The number of hydrogen-bond acceptors (Lipinski definition) is 7. The van der Waals surface area contributed by atoms with E-state index in [1.165, 1.54) is 11.8 Å². The molecule has 1 amide bonds. The number of aromatic nitrogens is 3. The zero-order valence-electron chi connectivity index (χ0n) is 18.0. The van der Waals surface area contributed by atoms with Crippen LogP contribution in [0.4, 0.5) is 11.6 Å². The number of nitrogens with one attached hydrogen (secondary N) is 1. The first kappa shape index (κ1) is 21.9. The maximum atomic E-state index is 12.8. The summed E-state index contributed by atoms with van der Waals surface area (Å²) >= 11 is 1.35.